The lowest BCUT2D eigenvalue weighted by atomic mass is 9.91. The number of para-hydroxylation sites is 1. The molecule has 30 heavy (non-hydrogen) atoms. The Kier molecular flexibility index (Phi) is 5.63. The van der Waals surface area contributed by atoms with Gasteiger partial charge in [-0.2, -0.15) is 5.10 Å². The van der Waals surface area contributed by atoms with Crippen LogP contribution in [0.15, 0.2) is 54.6 Å². The van der Waals surface area contributed by atoms with E-state index in [4.69, 9.17) is 9.84 Å². The van der Waals surface area contributed by atoms with Crippen LogP contribution < -0.4 is 15.4 Å². The average Bonchev–Trinajstić information content (AvgIpc) is 3.15. The molecule has 0 bridgehead atoms. The summed E-state index contributed by atoms with van der Waals surface area (Å²) >= 11 is 0. The Morgan fingerprint density at radius 2 is 1.70 bits per heavy atom. The lowest BCUT2D eigenvalue weighted by Crippen LogP contribution is -2.43. The predicted molar refractivity (Wildman–Crippen MR) is 115 cm³/mol. The molecule has 7 nitrogen and oxygen atoms in total. The van der Waals surface area contributed by atoms with Crippen molar-refractivity contribution in [2.45, 2.75) is 25.3 Å². The number of rotatable bonds is 7. The van der Waals surface area contributed by atoms with Crippen LogP contribution in [0.25, 0.3) is 11.3 Å². The van der Waals surface area contributed by atoms with E-state index < -0.39 is 0 Å². The fourth-order valence-electron chi connectivity index (χ4n) is 3.82. The van der Waals surface area contributed by atoms with Crippen LogP contribution in [0.2, 0.25) is 0 Å². The average molecular weight is 404 g/mol. The summed E-state index contributed by atoms with van der Waals surface area (Å²) in [4.78, 5) is 23.2. The number of carbonyl (C=O) groups is 2. The largest absolute Gasteiger partial charge is 0.457 e. The second-order valence-corrected chi connectivity index (χ2v) is 7.59. The lowest BCUT2D eigenvalue weighted by Gasteiger charge is -2.35. The maximum Gasteiger partial charge on any atom is 0.212 e. The molecule has 7 heteroatoms. The summed E-state index contributed by atoms with van der Waals surface area (Å²) in [6, 6.07) is 16.9. The molecule has 0 spiro atoms. The van der Waals surface area contributed by atoms with Gasteiger partial charge in [0.1, 0.15) is 23.0 Å². The summed E-state index contributed by atoms with van der Waals surface area (Å²) in [6.45, 7) is 3.81. The Balaban J connectivity index is 1.70. The summed E-state index contributed by atoms with van der Waals surface area (Å²) < 4.78 is 7.64. The number of benzene rings is 2. The van der Waals surface area contributed by atoms with Crippen LogP contribution in [0.3, 0.4) is 0 Å². The highest BCUT2D eigenvalue weighted by atomic mass is 16.5. The van der Waals surface area contributed by atoms with E-state index in [1.807, 2.05) is 54.6 Å². The Bertz CT molecular complexity index is 1020. The highest BCUT2D eigenvalue weighted by Crippen LogP contribution is 2.36. The van der Waals surface area contributed by atoms with Gasteiger partial charge in [-0.25, -0.2) is 4.68 Å². The van der Waals surface area contributed by atoms with Crippen LogP contribution >= 0.6 is 0 Å². The number of hydrogen-bond acceptors (Lipinski definition) is 5. The van der Waals surface area contributed by atoms with Gasteiger partial charge in [0.05, 0.1) is 11.1 Å². The second kappa shape index (κ2) is 8.51. The quantitative estimate of drug-likeness (QED) is 0.585. The molecule has 2 heterocycles. The first-order valence-electron chi connectivity index (χ1n) is 9.97. The molecule has 1 aliphatic heterocycles. The van der Waals surface area contributed by atoms with Gasteiger partial charge in [0.2, 0.25) is 6.41 Å². The van der Waals surface area contributed by atoms with Crippen molar-refractivity contribution in [3.05, 3.63) is 60.2 Å². The van der Waals surface area contributed by atoms with Crippen LogP contribution in [0, 0.1) is 0 Å². The van der Waals surface area contributed by atoms with E-state index in [2.05, 4.69) is 17.6 Å². The number of hydrogen-bond donors (Lipinski definition) is 2. The van der Waals surface area contributed by atoms with Crippen molar-refractivity contribution in [3.63, 3.8) is 0 Å². The van der Waals surface area contributed by atoms with Crippen LogP contribution in [0.5, 0.6) is 11.5 Å². The van der Waals surface area contributed by atoms with Crippen LogP contribution in [0.1, 0.15) is 30.1 Å². The third kappa shape index (κ3) is 3.84. The van der Waals surface area contributed by atoms with Gasteiger partial charge in [0.25, 0.3) is 0 Å². The summed E-state index contributed by atoms with van der Waals surface area (Å²) in [7, 11) is 0. The van der Waals surface area contributed by atoms with Crippen molar-refractivity contribution in [1.82, 2.24) is 15.1 Å². The van der Waals surface area contributed by atoms with Gasteiger partial charge < -0.3 is 15.4 Å². The van der Waals surface area contributed by atoms with Crippen molar-refractivity contribution in [1.29, 1.82) is 0 Å². The number of aldehydes is 1. The van der Waals surface area contributed by atoms with E-state index in [9.17, 15) is 9.59 Å². The molecule has 1 saturated heterocycles. The third-order valence-corrected chi connectivity index (χ3v) is 5.53. The number of anilines is 1. The van der Waals surface area contributed by atoms with Crippen LogP contribution in [-0.4, -0.2) is 35.6 Å². The number of ether oxygens (including phenoxy) is 1. The van der Waals surface area contributed by atoms with Gasteiger partial charge in [-0.1, -0.05) is 18.2 Å². The number of piperidine rings is 1. The van der Waals surface area contributed by atoms with Gasteiger partial charge in [0, 0.05) is 5.56 Å². The standard InChI is InChI=1S/C23H24N4O3/c1-23(11-13-24-14-12-23)27-22(25-16-29)20(15-28)21(26-27)17-7-9-19(10-8-17)30-18-5-3-2-4-6-18/h2-10,15-16,24H,11-14H2,1H3,(H,25,29). The topological polar surface area (TPSA) is 85.2 Å². The fourth-order valence-corrected chi connectivity index (χ4v) is 3.82. The molecule has 1 aliphatic rings. The van der Waals surface area contributed by atoms with E-state index in [1.165, 1.54) is 0 Å². The molecule has 154 valence electrons. The van der Waals surface area contributed by atoms with E-state index in [1.54, 1.807) is 4.68 Å². The molecule has 0 atom stereocenters. The first kappa shape index (κ1) is 19.8. The monoisotopic (exact) mass is 404 g/mol. The zero-order chi connectivity index (χ0) is 21.0. The zero-order valence-corrected chi connectivity index (χ0v) is 16.8. The van der Waals surface area contributed by atoms with Gasteiger partial charge in [-0.3, -0.25) is 9.59 Å². The van der Waals surface area contributed by atoms with Crippen molar-refractivity contribution in [3.8, 4) is 22.8 Å². The van der Waals surface area contributed by atoms with Crippen molar-refractivity contribution >= 4 is 18.5 Å². The molecule has 1 amide bonds. The SMILES string of the molecule is CC1(n2nc(-c3ccc(Oc4ccccc4)cc3)c(C=O)c2NC=O)CCNCC1. The lowest BCUT2D eigenvalue weighted by molar-refractivity contribution is -0.105. The molecular formula is C23H24N4O3. The van der Waals surface area contributed by atoms with E-state index in [0.29, 0.717) is 29.2 Å². The number of nitrogens with zero attached hydrogens (tertiary/aromatic N) is 2. The fraction of sp³-hybridized carbons (Fsp3) is 0.261. The van der Waals surface area contributed by atoms with Crippen molar-refractivity contribution in [2.24, 2.45) is 0 Å². The first-order chi connectivity index (χ1) is 14.6. The third-order valence-electron chi connectivity index (χ3n) is 5.53. The zero-order valence-electron chi connectivity index (χ0n) is 16.8. The number of nitrogens with one attached hydrogen (secondary N) is 2. The Morgan fingerprint density at radius 1 is 1.03 bits per heavy atom. The minimum absolute atomic E-state index is 0.289. The summed E-state index contributed by atoms with van der Waals surface area (Å²) in [5.41, 5.74) is 1.41. The minimum atomic E-state index is -0.289. The predicted octanol–water partition coefficient (Wildman–Crippen LogP) is 3.82. The van der Waals surface area contributed by atoms with Gasteiger partial charge >= 0.3 is 0 Å². The maximum atomic E-state index is 12.0. The number of amides is 1. The highest BCUT2D eigenvalue weighted by molar-refractivity contribution is 5.95. The van der Waals surface area contributed by atoms with Crippen molar-refractivity contribution in [2.75, 3.05) is 18.4 Å². The van der Waals surface area contributed by atoms with E-state index >= 15 is 0 Å². The molecule has 3 aromatic rings. The Labute approximate surface area is 175 Å². The Hall–Kier alpha value is -3.45. The normalized spacial score (nSPS) is 15.4. The molecule has 0 aliphatic carbocycles. The van der Waals surface area contributed by atoms with E-state index in [0.717, 1.165) is 43.5 Å². The second-order valence-electron chi connectivity index (χ2n) is 7.59. The maximum absolute atomic E-state index is 12.0. The molecule has 1 fully saturated rings. The first-order valence-corrected chi connectivity index (χ1v) is 9.97. The Morgan fingerprint density at radius 3 is 2.33 bits per heavy atom. The number of aromatic nitrogens is 2. The number of carbonyl (C=O) groups excluding carboxylic acids is 2. The molecule has 0 radical (unpaired) electrons. The molecule has 1 aromatic heterocycles. The highest BCUT2D eigenvalue weighted by Gasteiger charge is 2.34. The summed E-state index contributed by atoms with van der Waals surface area (Å²) in [5.74, 6) is 1.87. The molecule has 0 saturated carbocycles. The molecule has 4 rings (SSSR count). The molecule has 2 N–H and O–H groups in total. The molecule has 0 unspecified atom stereocenters. The smallest absolute Gasteiger partial charge is 0.212 e. The summed E-state index contributed by atoms with van der Waals surface area (Å²) in [6.07, 6.45) is 3.04. The van der Waals surface area contributed by atoms with Crippen LogP contribution in [-0.2, 0) is 10.3 Å². The molecular weight excluding hydrogens is 380 g/mol. The minimum Gasteiger partial charge on any atom is -0.457 e. The van der Waals surface area contributed by atoms with Crippen LogP contribution in [0.4, 0.5) is 5.82 Å². The van der Waals surface area contributed by atoms with Gasteiger partial charge in [-0.05, 0) is 69.3 Å². The van der Waals surface area contributed by atoms with Gasteiger partial charge in [-0.15, -0.1) is 0 Å². The molecule has 2 aromatic carbocycles. The van der Waals surface area contributed by atoms with Crippen molar-refractivity contribution < 1.29 is 14.3 Å². The summed E-state index contributed by atoms with van der Waals surface area (Å²) in [5, 5.41) is 10.8. The van der Waals surface area contributed by atoms with Gasteiger partial charge in [0.15, 0.2) is 6.29 Å². The van der Waals surface area contributed by atoms with E-state index in [-0.39, 0.29) is 5.54 Å².